The number of nitriles is 1. The Kier molecular flexibility index (Phi) is 5.52. The molecule has 0 saturated carbocycles. The molecule has 1 aromatic carbocycles. The monoisotopic (exact) mass is 303 g/mol. The Morgan fingerprint density at radius 2 is 2.19 bits per heavy atom. The standard InChI is InChI=1S/C12H12F3N3O3/c1-20-6-10(11(19)18-17)21-9-3-2-7(5-16)4-8(9)12(13,14)15/h2-4,10H,6,17H2,1H3,(H,18,19). The van der Waals surface area contributed by atoms with Gasteiger partial charge in [0.2, 0.25) is 6.10 Å². The van der Waals surface area contributed by atoms with Crippen LogP contribution in [0.2, 0.25) is 0 Å². The Labute approximate surface area is 118 Å². The summed E-state index contributed by atoms with van der Waals surface area (Å²) in [5.41, 5.74) is 0.434. The lowest BCUT2D eigenvalue weighted by Crippen LogP contribution is -2.44. The zero-order chi connectivity index (χ0) is 16.0. The van der Waals surface area contributed by atoms with Crippen LogP contribution in [0.4, 0.5) is 13.2 Å². The molecule has 0 aromatic heterocycles. The van der Waals surface area contributed by atoms with Gasteiger partial charge < -0.3 is 9.47 Å². The molecule has 9 heteroatoms. The first-order valence-electron chi connectivity index (χ1n) is 5.61. The Morgan fingerprint density at radius 1 is 1.52 bits per heavy atom. The van der Waals surface area contributed by atoms with E-state index in [4.69, 9.17) is 20.6 Å². The molecule has 114 valence electrons. The summed E-state index contributed by atoms with van der Waals surface area (Å²) in [5.74, 6) is 3.50. The van der Waals surface area contributed by atoms with E-state index in [1.807, 2.05) is 0 Å². The number of rotatable bonds is 5. The van der Waals surface area contributed by atoms with Crippen LogP contribution >= 0.6 is 0 Å². The van der Waals surface area contributed by atoms with Crippen molar-refractivity contribution in [1.29, 1.82) is 5.26 Å². The minimum absolute atomic E-state index is 0.179. The Bertz CT molecular complexity index is 555. The molecule has 0 aliphatic heterocycles. The van der Waals surface area contributed by atoms with Gasteiger partial charge in [-0.3, -0.25) is 10.2 Å². The first-order chi connectivity index (χ1) is 9.83. The van der Waals surface area contributed by atoms with Gasteiger partial charge in [-0.15, -0.1) is 0 Å². The molecule has 0 bridgehead atoms. The number of hydrogen-bond donors (Lipinski definition) is 2. The van der Waals surface area contributed by atoms with Crippen LogP contribution in [0.5, 0.6) is 5.75 Å². The van der Waals surface area contributed by atoms with E-state index in [9.17, 15) is 18.0 Å². The number of amides is 1. The highest BCUT2D eigenvalue weighted by molar-refractivity contribution is 5.80. The quantitative estimate of drug-likeness (QED) is 0.480. The third kappa shape index (κ3) is 4.34. The van der Waals surface area contributed by atoms with Crippen molar-refractivity contribution in [3.8, 4) is 11.8 Å². The van der Waals surface area contributed by atoms with Crippen LogP contribution in [0.3, 0.4) is 0 Å². The number of carbonyl (C=O) groups excluding carboxylic acids is 1. The van der Waals surface area contributed by atoms with E-state index in [1.165, 1.54) is 7.11 Å². The smallest absolute Gasteiger partial charge is 0.420 e. The zero-order valence-electron chi connectivity index (χ0n) is 10.9. The summed E-state index contributed by atoms with van der Waals surface area (Å²) >= 11 is 0. The van der Waals surface area contributed by atoms with E-state index < -0.39 is 29.5 Å². The second kappa shape index (κ2) is 6.92. The highest BCUT2D eigenvalue weighted by atomic mass is 19.4. The van der Waals surface area contributed by atoms with E-state index in [2.05, 4.69) is 0 Å². The lowest BCUT2D eigenvalue weighted by atomic mass is 10.1. The molecule has 3 N–H and O–H groups in total. The number of carbonyl (C=O) groups is 1. The molecule has 21 heavy (non-hydrogen) atoms. The molecular formula is C12H12F3N3O3. The summed E-state index contributed by atoms with van der Waals surface area (Å²) in [6.45, 7) is -0.291. The van der Waals surface area contributed by atoms with Crippen LogP contribution in [0.15, 0.2) is 18.2 Å². The van der Waals surface area contributed by atoms with Crippen LogP contribution in [0.1, 0.15) is 11.1 Å². The Hall–Kier alpha value is -2.31. The van der Waals surface area contributed by atoms with Gasteiger partial charge in [-0.1, -0.05) is 0 Å². The molecule has 1 aromatic rings. The van der Waals surface area contributed by atoms with Crippen LogP contribution in [0.25, 0.3) is 0 Å². The van der Waals surface area contributed by atoms with E-state index in [0.29, 0.717) is 6.07 Å². The second-order valence-corrected chi connectivity index (χ2v) is 3.89. The van der Waals surface area contributed by atoms with E-state index in [0.717, 1.165) is 12.1 Å². The number of benzene rings is 1. The minimum Gasteiger partial charge on any atom is -0.477 e. The molecule has 0 aliphatic carbocycles. The summed E-state index contributed by atoms with van der Waals surface area (Å²) in [4.78, 5) is 11.4. The third-order valence-electron chi connectivity index (χ3n) is 2.44. The number of alkyl halides is 3. The number of methoxy groups -OCH3 is 1. The summed E-state index contributed by atoms with van der Waals surface area (Å²) in [6, 6.07) is 4.35. The fraction of sp³-hybridized carbons (Fsp3) is 0.333. The molecule has 1 unspecified atom stereocenters. The molecule has 0 fully saturated rings. The summed E-state index contributed by atoms with van der Waals surface area (Å²) < 4.78 is 48.5. The fourth-order valence-electron chi connectivity index (χ4n) is 1.48. The lowest BCUT2D eigenvalue weighted by Gasteiger charge is -2.20. The van der Waals surface area contributed by atoms with Gasteiger partial charge in [-0.05, 0) is 18.2 Å². The number of hydrazine groups is 1. The first-order valence-corrected chi connectivity index (χ1v) is 5.61. The van der Waals surface area contributed by atoms with Crippen LogP contribution in [-0.4, -0.2) is 25.7 Å². The fourth-order valence-corrected chi connectivity index (χ4v) is 1.48. The van der Waals surface area contributed by atoms with Crippen LogP contribution in [0, 0.1) is 11.3 Å². The van der Waals surface area contributed by atoms with E-state index >= 15 is 0 Å². The molecule has 0 heterocycles. The van der Waals surface area contributed by atoms with Gasteiger partial charge in [-0.25, -0.2) is 5.84 Å². The summed E-state index contributed by atoms with van der Waals surface area (Å²) in [5, 5.41) is 8.65. The van der Waals surface area contributed by atoms with Crippen molar-refractivity contribution in [2.24, 2.45) is 5.84 Å². The molecule has 0 aliphatic rings. The summed E-state index contributed by atoms with van der Waals surface area (Å²) in [7, 11) is 1.25. The average molecular weight is 303 g/mol. The van der Waals surface area contributed by atoms with Gasteiger partial charge in [0.15, 0.2) is 0 Å². The van der Waals surface area contributed by atoms with Gasteiger partial charge >= 0.3 is 6.18 Å². The molecule has 6 nitrogen and oxygen atoms in total. The van der Waals surface area contributed by atoms with Crippen molar-refractivity contribution >= 4 is 5.91 Å². The molecule has 0 saturated heterocycles. The van der Waals surface area contributed by atoms with Crippen molar-refractivity contribution < 1.29 is 27.4 Å². The maximum Gasteiger partial charge on any atom is 0.420 e. The number of nitrogens with two attached hydrogens (primary N) is 1. The van der Waals surface area contributed by atoms with E-state index in [-0.39, 0.29) is 12.2 Å². The predicted molar refractivity (Wildman–Crippen MR) is 64.8 cm³/mol. The molecular weight excluding hydrogens is 291 g/mol. The Balaban J connectivity index is 3.17. The highest BCUT2D eigenvalue weighted by Gasteiger charge is 2.36. The predicted octanol–water partition coefficient (Wildman–Crippen LogP) is 0.961. The van der Waals surface area contributed by atoms with Gasteiger partial charge in [0.1, 0.15) is 5.75 Å². The Morgan fingerprint density at radius 3 is 2.67 bits per heavy atom. The molecule has 1 atom stereocenters. The average Bonchev–Trinajstić information content (AvgIpc) is 2.45. The van der Waals surface area contributed by atoms with Crippen molar-refractivity contribution in [2.75, 3.05) is 13.7 Å². The molecule has 0 radical (unpaired) electrons. The number of nitrogens with zero attached hydrogens (tertiary/aromatic N) is 1. The normalized spacial score (nSPS) is 12.4. The van der Waals surface area contributed by atoms with Gasteiger partial charge in [0, 0.05) is 7.11 Å². The lowest BCUT2D eigenvalue weighted by molar-refractivity contribution is -0.141. The summed E-state index contributed by atoms with van der Waals surface area (Å²) in [6.07, 6.45) is -6.09. The van der Waals surface area contributed by atoms with Gasteiger partial charge in [0.25, 0.3) is 5.91 Å². The number of ether oxygens (including phenoxy) is 2. The maximum absolute atomic E-state index is 12.9. The molecule has 0 spiro atoms. The number of halogens is 3. The van der Waals surface area contributed by atoms with Crippen molar-refractivity contribution in [1.82, 2.24) is 5.43 Å². The zero-order valence-corrected chi connectivity index (χ0v) is 10.9. The second-order valence-electron chi connectivity index (χ2n) is 3.89. The van der Waals surface area contributed by atoms with Crippen molar-refractivity contribution in [2.45, 2.75) is 12.3 Å². The minimum atomic E-state index is -4.74. The molecule has 1 rings (SSSR count). The molecule has 1 amide bonds. The van der Waals surface area contributed by atoms with Crippen molar-refractivity contribution in [3.05, 3.63) is 29.3 Å². The van der Waals surface area contributed by atoms with Crippen molar-refractivity contribution in [3.63, 3.8) is 0 Å². The largest absolute Gasteiger partial charge is 0.477 e. The van der Waals surface area contributed by atoms with Gasteiger partial charge in [0.05, 0.1) is 23.8 Å². The highest BCUT2D eigenvalue weighted by Crippen LogP contribution is 2.37. The number of nitrogens with one attached hydrogen (secondary N) is 1. The van der Waals surface area contributed by atoms with Crippen LogP contribution < -0.4 is 16.0 Å². The maximum atomic E-state index is 12.9. The SMILES string of the molecule is COCC(Oc1ccc(C#N)cc1C(F)(F)F)C(=O)NN. The van der Waals surface area contributed by atoms with Gasteiger partial charge in [-0.2, -0.15) is 18.4 Å². The first kappa shape index (κ1) is 16.7. The third-order valence-corrected chi connectivity index (χ3v) is 2.44. The number of hydrogen-bond acceptors (Lipinski definition) is 5. The topological polar surface area (TPSA) is 97.4 Å². The van der Waals surface area contributed by atoms with E-state index in [1.54, 1.807) is 11.5 Å². The van der Waals surface area contributed by atoms with Crippen LogP contribution in [-0.2, 0) is 15.7 Å².